The number of unbranched alkanes of at least 4 members (excludes halogenated alkanes) is 1. The average molecular weight is 325 g/mol. The molecule has 2 unspecified atom stereocenters. The van der Waals surface area contributed by atoms with E-state index in [1.165, 1.54) is 5.57 Å². The van der Waals surface area contributed by atoms with E-state index >= 15 is 0 Å². The van der Waals surface area contributed by atoms with Crippen molar-refractivity contribution in [3.8, 4) is 0 Å². The second-order valence-electron chi connectivity index (χ2n) is 7.90. The standard InChI is InChI=1S/C18H32O3Si/c1-7-8-9-14-10-11-17(16(13-20)15(14)12-19)21-22(5,6)18(2,3)4/h12-13,16-17H,7-11H2,1-6H3. The molecule has 2 atom stereocenters. The van der Waals surface area contributed by atoms with E-state index in [-0.39, 0.29) is 17.1 Å². The van der Waals surface area contributed by atoms with Crippen molar-refractivity contribution in [1.29, 1.82) is 0 Å². The van der Waals surface area contributed by atoms with Gasteiger partial charge in [0.2, 0.25) is 0 Å². The van der Waals surface area contributed by atoms with Gasteiger partial charge in [-0.05, 0) is 43.8 Å². The molecule has 0 bridgehead atoms. The molecular formula is C18H32O3Si. The summed E-state index contributed by atoms with van der Waals surface area (Å²) < 4.78 is 6.45. The summed E-state index contributed by atoms with van der Waals surface area (Å²) in [5.41, 5.74) is 1.86. The first-order valence-electron chi connectivity index (χ1n) is 8.48. The van der Waals surface area contributed by atoms with Crippen molar-refractivity contribution < 1.29 is 14.0 Å². The summed E-state index contributed by atoms with van der Waals surface area (Å²) in [6.07, 6.45) is 6.53. The molecule has 0 radical (unpaired) electrons. The van der Waals surface area contributed by atoms with Gasteiger partial charge in [0.25, 0.3) is 0 Å². The highest BCUT2D eigenvalue weighted by atomic mass is 28.4. The lowest BCUT2D eigenvalue weighted by Gasteiger charge is -2.42. The molecule has 0 saturated heterocycles. The first kappa shape index (κ1) is 19.3. The van der Waals surface area contributed by atoms with E-state index in [2.05, 4.69) is 40.8 Å². The molecule has 3 nitrogen and oxygen atoms in total. The number of allylic oxidation sites excluding steroid dienone is 1. The number of aldehydes is 2. The third kappa shape index (κ3) is 4.39. The fraction of sp³-hybridized carbons (Fsp3) is 0.778. The Bertz CT molecular complexity index is 432. The summed E-state index contributed by atoms with van der Waals surface area (Å²) in [5.74, 6) is -0.382. The molecule has 22 heavy (non-hydrogen) atoms. The van der Waals surface area contributed by atoms with E-state index in [0.717, 1.165) is 44.7 Å². The molecule has 1 rings (SSSR count). The SMILES string of the molecule is CCCCC1=C(C=O)C(C=O)C(O[Si](C)(C)C(C)(C)C)CC1. The molecular weight excluding hydrogens is 292 g/mol. The lowest BCUT2D eigenvalue weighted by atomic mass is 9.80. The minimum Gasteiger partial charge on any atom is -0.413 e. The Morgan fingerprint density at radius 1 is 1.27 bits per heavy atom. The summed E-state index contributed by atoms with van der Waals surface area (Å²) in [4.78, 5) is 23.2. The molecule has 0 amide bonds. The largest absolute Gasteiger partial charge is 0.413 e. The van der Waals surface area contributed by atoms with Crippen molar-refractivity contribution in [3.05, 3.63) is 11.1 Å². The maximum atomic E-state index is 11.6. The minimum atomic E-state index is -1.94. The van der Waals surface area contributed by atoms with Crippen LogP contribution in [0.4, 0.5) is 0 Å². The summed E-state index contributed by atoms with van der Waals surface area (Å²) in [6.45, 7) is 13.1. The van der Waals surface area contributed by atoms with E-state index in [9.17, 15) is 9.59 Å². The predicted octanol–water partition coefficient (Wildman–Crippen LogP) is 4.67. The van der Waals surface area contributed by atoms with Crippen molar-refractivity contribution in [3.63, 3.8) is 0 Å². The van der Waals surface area contributed by atoms with Crippen LogP contribution in [-0.4, -0.2) is 27.0 Å². The average Bonchev–Trinajstić information content (AvgIpc) is 2.43. The van der Waals surface area contributed by atoms with Gasteiger partial charge < -0.3 is 9.22 Å². The van der Waals surface area contributed by atoms with Gasteiger partial charge in [-0.15, -0.1) is 0 Å². The van der Waals surface area contributed by atoms with Gasteiger partial charge in [0.05, 0.1) is 12.0 Å². The molecule has 0 fully saturated rings. The molecule has 0 aromatic rings. The molecule has 126 valence electrons. The zero-order valence-corrected chi connectivity index (χ0v) is 16.1. The highest BCUT2D eigenvalue weighted by Gasteiger charge is 2.42. The van der Waals surface area contributed by atoms with Gasteiger partial charge in [-0.1, -0.05) is 39.7 Å². The maximum absolute atomic E-state index is 11.6. The third-order valence-corrected chi connectivity index (χ3v) is 9.76. The van der Waals surface area contributed by atoms with Gasteiger partial charge in [0.1, 0.15) is 12.6 Å². The number of carbonyl (C=O) groups is 2. The van der Waals surface area contributed by atoms with Gasteiger partial charge in [-0.2, -0.15) is 0 Å². The molecule has 0 N–H and O–H groups in total. The Balaban J connectivity index is 2.99. The maximum Gasteiger partial charge on any atom is 0.192 e. The minimum absolute atomic E-state index is 0.105. The lowest BCUT2D eigenvalue weighted by Crippen LogP contribution is -2.47. The summed E-state index contributed by atoms with van der Waals surface area (Å²) in [7, 11) is -1.94. The molecule has 1 aliphatic rings. The fourth-order valence-electron chi connectivity index (χ4n) is 2.75. The van der Waals surface area contributed by atoms with E-state index in [1.807, 2.05) is 0 Å². The summed E-state index contributed by atoms with van der Waals surface area (Å²) in [5, 5.41) is 0.105. The molecule has 0 saturated carbocycles. The Morgan fingerprint density at radius 3 is 2.36 bits per heavy atom. The van der Waals surface area contributed by atoms with Crippen LogP contribution < -0.4 is 0 Å². The monoisotopic (exact) mass is 324 g/mol. The topological polar surface area (TPSA) is 43.4 Å². The Morgan fingerprint density at radius 2 is 1.91 bits per heavy atom. The van der Waals surface area contributed by atoms with Crippen LogP contribution in [0.1, 0.15) is 59.8 Å². The van der Waals surface area contributed by atoms with Crippen molar-refractivity contribution in [2.75, 3.05) is 0 Å². The number of rotatable bonds is 7. The van der Waals surface area contributed by atoms with Crippen LogP contribution in [-0.2, 0) is 14.0 Å². The molecule has 1 aliphatic carbocycles. The van der Waals surface area contributed by atoms with Gasteiger partial charge in [0.15, 0.2) is 8.32 Å². The molecule has 0 aromatic heterocycles. The van der Waals surface area contributed by atoms with E-state index in [4.69, 9.17) is 4.43 Å². The zero-order chi connectivity index (χ0) is 17.0. The lowest BCUT2D eigenvalue weighted by molar-refractivity contribution is -0.115. The summed E-state index contributed by atoms with van der Waals surface area (Å²) in [6, 6.07) is 0. The normalized spacial score (nSPS) is 23.5. The quantitative estimate of drug-likeness (QED) is 0.505. The fourth-order valence-corrected chi connectivity index (χ4v) is 4.12. The second-order valence-corrected chi connectivity index (χ2v) is 12.7. The number of carbonyl (C=O) groups excluding carboxylic acids is 2. The molecule has 0 aliphatic heterocycles. The second kappa shape index (κ2) is 7.69. The zero-order valence-electron chi connectivity index (χ0n) is 15.1. The third-order valence-electron chi connectivity index (χ3n) is 5.26. The van der Waals surface area contributed by atoms with Crippen LogP contribution >= 0.6 is 0 Å². The van der Waals surface area contributed by atoms with Crippen LogP contribution in [0.5, 0.6) is 0 Å². The van der Waals surface area contributed by atoms with Gasteiger partial charge in [-0.25, -0.2) is 0 Å². The van der Waals surface area contributed by atoms with Gasteiger partial charge in [-0.3, -0.25) is 4.79 Å². The Labute approximate surface area is 136 Å². The molecule has 4 heteroatoms. The predicted molar refractivity (Wildman–Crippen MR) is 93.5 cm³/mol. The van der Waals surface area contributed by atoms with Crippen molar-refractivity contribution >= 4 is 20.9 Å². The van der Waals surface area contributed by atoms with Gasteiger partial charge >= 0.3 is 0 Å². The van der Waals surface area contributed by atoms with Crippen LogP contribution in [0.25, 0.3) is 0 Å². The van der Waals surface area contributed by atoms with Crippen molar-refractivity contribution in [1.82, 2.24) is 0 Å². The molecule has 0 aromatic carbocycles. The van der Waals surface area contributed by atoms with E-state index < -0.39 is 8.32 Å². The highest BCUT2D eigenvalue weighted by molar-refractivity contribution is 6.74. The van der Waals surface area contributed by atoms with Gasteiger partial charge in [0, 0.05) is 5.57 Å². The number of hydrogen-bond acceptors (Lipinski definition) is 3. The van der Waals surface area contributed by atoms with E-state index in [1.54, 1.807) is 0 Å². The van der Waals surface area contributed by atoms with Crippen LogP contribution in [0.3, 0.4) is 0 Å². The van der Waals surface area contributed by atoms with Crippen LogP contribution in [0.15, 0.2) is 11.1 Å². The van der Waals surface area contributed by atoms with Crippen LogP contribution in [0, 0.1) is 5.92 Å². The Kier molecular flexibility index (Phi) is 6.75. The van der Waals surface area contributed by atoms with E-state index in [0.29, 0.717) is 5.57 Å². The number of hydrogen-bond donors (Lipinski definition) is 0. The smallest absolute Gasteiger partial charge is 0.192 e. The van der Waals surface area contributed by atoms with Crippen molar-refractivity contribution in [2.45, 2.75) is 84.0 Å². The first-order chi connectivity index (χ1) is 10.2. The molecule has 0 spiro atoms. The molecule has 0 heterocycles. The van der Waals surface area contributed by atoms with Crippen LogP contribution in [0.2, 0.25) is 18.1 Å². The highest BCUT2D eigenvalue weighted by Crippen LogP contribution is 2.41. The summed E-state index contributed by atoms with van der Waals surface area (Å²) >= 11 is 0. The first-order valence-corrected chi connectivity index (χ1v) is 11.4. The Hall–Kier alpha value is -0.743. The van der Waals surface area contributed by atoms with Crippen molar-refractivity contribution in [2.24, 2.45) is 5.92 Å².